The van der Waals surface area contributed by atoms with Crippen LogP contribution in [0, 0.1) is 0 Å². The highest BCUT2D eigenvalue weighted by molar-refractivity contribution is 8.18. The van der Waals surface area contributed by atoms with Crippen molar-refractivity contribution in [2.75, 3.05) is 46.8 Å². The monoisotopic (exact) mass is 449 g/mol. The Morgan fingerprint density at radius 3 is 1.39 bits per heavy atom. The molecule has 0 spiro atoms. The Hall–Kier alpha value is -0.995. The van der Waals surface area contributed by atoms with E-state index in [2.05, 4.69) is 86.5 Å². The molecule has 0 amide bonds. The van der Waals surface area contributed by atoms with Crippen LogP contribution in [0.3, 0.4) is 0 Å². The van der Waals surface area contributed by atoms with Crippen LogP contribution in [0.15, 0.2) is 48.5 Å². The topological polar surface area (TPSA) is 23.6 Å². The Morgan fingerprint density at radius 2 is 1.10 bits per heavy atom. The first-order valence-electron chi connectivity index (χ1n) is 9.73. The number of benzene rings is 2. The molecular formula is C23H33B3N2OPS. The van der Waals surface area contributed by atoms with E-state index in [1.807, 2.05) is 0 Å². The van der Waals surface area contributed by atoms with Gasteiger partial charge in [-0.25, -0.2) is 0 Å². The van der Waals surface area contributed by atoms with Gasteiger partial charge in [-0.15, -0.1) is 0 Å². The van der Waals surface area contributed by atoms with Crippen molar-refractivity contribution in [3.63, 3.8) is 0 Å². The van der Waals surface area contributed by atoms with E-state index in [0.717, 1.165) is 31.4 Å². The summed E-state index contributed by atoms with van der Waals surface area (Å²) >= 11 is 1.44. The first kappa shape index (κ1) is 32.2. The molecular weight excluding hydrogens is 416 g/mol. The number of hydrogen-bond acceptors (Lipinski definition) is 4. The maximum absolute atomic E-state index is 11.6. The number of hydrogen-bond donors (Lipinski definition) is 0. The van der Waals surface area contributed by atoms with E-state index in [4.69, 9.17) is 0 Å². The minimum Gasteiger partial charge on any atom is -0.309 e. The lowest BCUT2D eigenvalue weighted by molar-refractivity contribution is -0.109. The normalized spacial score (nSPS) is 10.5. The van der Waals surface area contributed by atoms with Gasteiger partial charge >= 0.3 is 0 Å². The van der Waals surface area contributed by atoms with Crippen molar-refractivity contribution in [2.24, 2.45) is 0 Å². The summed E-state index contributed by atoms with van der Waals surface area (Å²) in [5, 5.41) is 2.88. The predicted octanol–water partition coefficient (Wildman–Crippen LogP) is 2.42. The number of rotatable bonds is 10. The minimum absolute atomic E-state index is 0. The third kappa shape index (κ3) is 12.0. The zero-order chi connectivity index (χ0) is 20.5. The zero-order valence-corrected chi connectivity index (χ0v) is 21.3. The molecule has 2 rings (SSSR count). The van der Waals surface area contributed by atoms with Crippen LogP contribution in [0.4, 0.5) is 0 Å². The smallest absolute Gasteiger partial charge is 0.186 e. The molecule has 0 aliphatic rings. The van der Waals surface area contributed by atoms with Gasteiger partial charge in [-0.1, -0.05) is 60.3 Å². The summed E-state index contributed by atoms with van der Waals surface area (Å²) < 4.78 is 0. The lowest BCUT2D eigenvalue weighted by Crippen LogP contribution is -2.17. The third-order valence-corrected chi connectivity index (χ3v) is 8.39. The van der Waals surface area contributed by atoms with Crippen molar-refractivity contribution < 1.29 is 4.79 Å². The van der Waals surface area contributed by atoms with Gasteiger partial charge in [0.1, 0.15) is 0 Å². The van der Waals surface area contributed by atoms with Gasteiger partial charge in [-0.3, -0.25) is 4.79 Å². The van der Waals surface area contributed by atoms with Crippen molar-refractivity contribution in [3.05, 3.63) is 59.7 Å². The summed E-state index contributed by atoms with van der Waals surface area (Å²) in [5.41, 5.74) is 3.58. The van der Waals surface area contributed by atoms with Crippen molar-refractivity contribution in [1.29, 1.82) is 0 Å². The highest BCUT2D eigenvalue weighted by Crippen LogP contribution is 2.37. The predicted molar refractivity (Wildman–Crippen MR) is 144 cm³/mol. The summed E-state index contributed by atoms with van der Waals surface area (Å²) in [6, 6.07) is 18.0. The summed E-state index contributed by atoms with van der Waals surface area (Å²) in [7, 11) is 7.89. The van der Waals surface area contributed by atoms with Gasteiger partial charge in [-0.2, -0.15) is 0 Å². The summed E-state index contributed by atoms with van der Waals surface area (Å²) in [6.45, 7) is 3.78. The van der Waals surface area contributed by atoms with Gasteiger partial charge in [-0.05, 0) is 70.7 Å². The van der Waals surface area contributed by atoms with Crippen molar-refractivity contribution >= 4 is 60.6 Å². The lowest BCUT2D eigenvalue weighted by Gasteiger charge is -2.19. The maximum atomic E-state index is 11.6. The fraction of sp³-hybridized carbons (Fsp3) is 0.435. The first-order valence-corrected chi connectivity index (χ1v) is 12.2. The molecule has 8 heteroatoms. The third-order valence-electron chi connectivity index (χ3n) is 4.59. The van der Waals surface area contributed by atoms with E-state index in [0.29, 0.717) is 0 Å². The highest BCUT2D eigenvalue weighted by atomic mass is 32.2. The summed E-state index contributed by atoms with van der Waals surface area (Å²) in [6.07, 6.45) is 2.13. The minimum atomic E-state index is -0.530. The van der Waals surface area contributed by atoms with Gasteiger partial charge in [0.05, 0.1) is 0 Å². The maximum Gasteiger partial charge on any atom is 0.186 e. The first-order chi connectivity index (χ1) is 13.3. The standard InChI is InChI=1S/C23H33N2OPS.3B/c1-19(26)28-18-27(22-10-6-20(7-11-22)14-16-24(2)3)23-12-8-21(9-13-23)15-17-25(4)5;;;/h6-13H,14-18H2,1-5H3;;;. The van der Waals surface area contributed by atoms with Gasteiger partial charge in [0.2, 0.25) is 0 Å². The van der Waals surface area contributed by atoms with Gasteiger partial charge in [0, 0.05) is 50.7 Å². The van der Waals surface area contributed by atoms with Crippen LogP contribution < -0.4 is 10.6 Å². The van der Waals surface area contributed by atoms with Crippen LogP contribution in [0.5, 0.6) is 0 Å². The highest BCUT2D eigenvalue weighted by Gasteiger charge is 2.15. The molecule has 9 radical (unpaired) electrons. The Labute approximate surface area is 201 Å². The van der Waals surface area contributed by atoms with Crippen LogP contribution >= 0.6 is 19.7 Å². The van der Waals surface area contributed by atoms with Gasteiger partial charge in [0.15, 0.2) is 5.12 Å². The Balaban J connectivity index is 0. The molecule has 0 N–H and O–H groups in total. The lowest BCUT2D eigenvalue weighted by atomic mass is 10.1. The van der Waals surface area contributed by atoms with Crippen molar-refractivity contribution in [2.45, 2.75) is 19.8 Å². The molecule has 2 aromatic rings. The van der Waals surface area contributed by atoms with E-state index >= 15 is 0 Å². The zero-order valence-electron chi connectivity index (χ0n) is 19.5. The van der Waals surface area contributed by atoms with Crippen molar-refractivity contribution in [3.8, 4) is 0 Å². The molecule has 0 heterocycles. The summed E-state index contributed by atoms with van der Waals surface area (Å²) in [4.78, 5) is 16.0. The number of likely N-dealkylation sites (N-methyl/N-ethyl adjacent to an activating group) is 2. The Morgan fingerprint density at radius 1 is 0.742 bits per heavy atom. The van der Waals surface area contributed by atoms with E-state index in [9.17, 15) is 4.79 Å². The van der Waals surface area contributed by atoms with Crippen LogP contribution in [0.25, 0.3) is 0 Å². The van der Waals surface area contributed by atoms with E-state index in [-0.39, 0.29) is 30.4 Å². The van der Waals surface area contributed by atoms with Gasteiger partial charge < -0.3 is 9.80 Å². The molecule has 0 aromatic heterocycles. The number of thioether (sulfide) groups is 1. The van der Waals surface area contributed by atoms with Crippen LogP contribution in [-0.4, -0.2) is 86.9 Å². The molecule has 0 saturated carbocycles. The molecule has 31 heavy (non-hydrogen) atoms. The SMILES string of the molecule is CC(=O)SCP(c1ccc(CCN(C)C)cc1)c1ccc(CCN(C)C)cc1.[B].[B].[B]. The molecule has 0 unspecified atom stereocenters. The van der Waals surface area contributed by atoms with Gasteiger partial charge in [0.25, 0.3) is 0 Å². The van der Waals surface area contributed by atoms with Crippen LogP contribution in [0.1, 0.15) is 18.1 Å². The molecule has 3 nitrogen and oxygen atoms in total. The molecule has 0 atom stereocenters. The molecule has 161 valence electrons. The molecule has 0 fully saturated rings. The average molecular weight is 449 g/mol. The molecule has 0 saturated heterocycles. The van der Waals surface area contributed by atoms with E-state index in [1.54, 1.807) is 6.92 Å². The van der Waals surface area contributed by atoms with E-state index < -0.39 is 7.92 Å². The molecule has 0 aliphatic heterocycles. The Bertz CT molecular complexity index is 688. The second-order valence-electron chi connectivity index (χ2n) is 7.63. The number of carbonyl (C=O) groups excluding carboxylic acids is 1. The van der Waals surface area contributed by atoms with Crippen LogP contribution in [0.2, 0.25) is 0 Å². The average Bonchev–Trinajstić information content (AvgIpc) is 2.66. The van der Waals surface area contributed by atoms with E-state index in [1.165, 1.54) is 33.5 Å². The largest absolute Gasteiger partial charge is 0.309 e. The number of nitrogens with zero attached hydrogens (tertiary/aromatic N) is 2. The van der Waals surface area contributed by atoms with Crippen molar-refractivity contribution in [1.82, 2.24) is 9.80 Å². The van der Waals surface area contributed by atoms with Crippen LogP contribution in [-0.2, 0) is 17.6 Å². The fourth-order valence-corrected chi connectivity index (χ4v) is 6.60. The molecule has 0 bridgehead atoms. The fourth-order valence-electron chi connectivity index (χ4n) is 2.84. The summed E-state index contributed by atoms with van der Waals surface area (Å²) in [5.74, 6) is 0. The second-order valence-corrected chi connectivity index (χ2v) is 11.4. The molecule has 0 aliphatic carbocycles. The Kier molecular flexibility index (Phi) is 17.2. The second kappa shape index (κ2) is 16.6. The number of carbonyl (C=O) groups is 1. The molecule has 2 aromatic carbocycles. The quantitative estimate of drug-likeness (QED) is 0.411.